The molecule has 0 aliphatic heterocycles. The van der Waals surface area contributed by atoms with Gasteiger partial charge in [0.25, 0.3) is 0 Å². The van der Waals surface area contributed by atoms with Crippen molar-refractivity contribution < 1.29 is 0 Å². The lowest BCUT2D eigenvalue weighted by molar-refractivity contribution is 2.31. The van der Waals surface area contributed by atoms with E-state index in [1.165, 1.54) is 0 Å². The molecule has 0 amide bonds. The summed E-state index contributed by atoms with van der Waals surface area (Å²) in [6.07, 6.45) is 6.59. The minimum absolute atomic E-state index is 1.87. The maximum Gasteiger partial charge on any atom is 0 e. The van der Waals surface area contributed by atoms with E-state index in [1.54, 1.807) is 0 Å². The van der Waals surface area contributed by atoms with Crippen LogP contribution in [-0.4, -0.2) is 0 Å². The first-order chi connectivity index (χ1) is 58.4. The molecule has 0 saturated heterocycles. The maximum absolute atomic E-state index is 6.59. The molecule has 0 atom stereocenters. The quantitative estimate of drug-likeness (QED) is 0.247. The summed E-state index contributed by atoms with van der Waals surface area (Å²) in [4.78, 5) is 0. The summed E-state index contributed by atoms with van der Waals surface area (Å²) in [5.74, 6) is 286. The number of hydrogen-bond acceptors (Lipinski definition) is 0. The van der Waals surface area contributed by atoms with E-state index < -0.39 is 0 Å². The Hall–Kier alpha value is -25.6. The second-order valence-electron chi connectivity index (χ2n) is 14.4. The first-order valence-corrected chi connectivity index (χ1v) is 29.1. The average Bonchev–Trinajstić information content (AvgIpc) is 2.46. The van der Waals surface area contributed by atoms with Gasteiger partial charge < -0.3 is 6.42 Å². The highest BCUT2D eigenvalue weighted by Gasteiger charge is 1.68. The van der Waals surface area contributed by atoms with E-state index in [0.29, 0.717) is 0 Å². The number of hydrogen-bond donors (Lipinski definition) is 0. The van der Waals surface area contributed by atoms with Gasteiger partial charge in [0.05, 0.1) is 0 Å². The van der Waals surface area contributed by atoms with E-state index in [0.717, 1.165) is 0 Å². The molecule has 0 rings (SSSR count). The van der Waals surface area contributed by atoms with E-state index in [-0.39, 0.29) is 0 Å². The molecule has 0 aliphatic rings. The molecule has 0 radical (unpaired) electrons. The van der Waals surface area contributed by atoms with Crippen molar-refractivity contribution in [2.45, 2.75) is 0 Å². The highest BCUT2D eigenvalue weighted by atomic mass is 13.7. The first kappa shape index (κ1) is 91.4. The summed E-state index contributed by atoms with van der Waals surface area (Å²) in [6, 6.07) is 0. The molecule has 0 saturated carbocycles. The minimum Gasteiger partial charge on any atom is -0.358 e. The van der Waals surface area contributed by atoms with Crippen molar-refractivity contribution in [3.05, 3.63) is 13.3 Å². The highest BCUT2D eigenvalue weighted by molar-refractivity contribution is 5.57. The molecule has 0 spiro atoms. The summed E-state index contributed by atoms with van der Waals surface area (Å²) >= 11 is 0. The van der Waals surface area contributed by atoms with Crippen molar-refractivity contribution >= 4 is 0 Å². The maximum atomic E-state index is 6.59. The van der Waals surface area contributed by atoms with Crippen LogP contribution >= 0.6 is 0 Å². The van der Waals surface area contributed by atoms with Crippen molar-refractivity contribution in [2.75, 3.05) is 0 Å². The zero-order valence-corrected chi connectivity index (χ0v) is 58.7. The Morgan fingerprint density at radius 3 is 0.154 bits per heavy atom. The Labute approximate surface area is 689 Å². The van der Waals surface area contributed by atoms with Crippen LogP contribution in [-0.2, 0) is 0 Å². The van der Waals surface area contributed by atoms with Crippen molar-refractivity contribution in [1.29, 1.82) is 0 Å². The molecule has 117 heavy (non-hydrogen) atoms. The van der Waals surface area contributed by atoms with Crippen molar-refractivity contribution in [1.82, 2.24) is 0 Å². The van der Waals surface area contributed by atoms with Crippen LogP contribution in [0.25, 0.3) is 0 Å². The van der Waals surface area contributed by atoms with Gasteiger partial charge in [0.15, 0.2) is 0 Å². The molecule has 0 N–H and O–H groups in total. The molecule has 0 aromatic heterocycles. The Balaban J connectivity index is 4.65. The van der Waals surface area contributed by atoms with Crippen LogP contribution in [0.4, 0.5) is 0 Å². The molecular formula is C117H2-2. The van der Waals surface area contributed by atoms with Gasteiger partial charge in [-0.3, -0.25) is 11.8 Å². The zero-order chi connectivity index (χ0) is 83.3. The van der Waals surface area contributed by atoms with Crippen LogP contribution in [0.1, 0.15) is 0 Å². The second-order valence-corrected chi connectivity index (χ2v) is 14.4. The largest absolute Gasteiger partial charge is 0.358 e. The van der Waals surface area contributed by atoms with Gasteiger partial charge in [0.2, 0.25) is 0 Å². The third-order valence-electron chi connectivity index (χ3n) is 7.15. The van der Waals surface area contributed by atoms with Crippen LogP contribution in [0.2, 0.25) is 0 Å². The molecule has 0 heterocycles. The van der Waals surface area contributed by atoms with Crippen LogP contribution in [0.3, 0.4) is 0 Å². The van der Waals surface area contributed by atoms with Crippen LogP contribution in [0.5, 0.6) is 0 Å². The summed E-state index contributed by atoms with van der Waals surface area (Å²) in [5, 5.41) is 0. The minimum atomic E-state index is 1.87. The fourth-order valence-corrected chi connectivity index (χ4v) is 3.54. The van der Waals surface area contributed by atoms with Crippen LogP contribution in [0, 0.1) is 694 Å². The number of rotatable bonds is 0. The van der Waals surface area contributed by atoms with E-state index in [2.05, 4.69) is 682 Å². The third-order valence-corrected chi connectivity index (χ3v) is 7.15. The summed E-state index contributed by atoms with van der Waals surface area (Å²) in [5.41, 5.74) is 0. The van der Waals surface area contributed by atoms with Crippen molar-refractivity contribution in [3.63, 3.8) is 0 Å². The van der Waals surface area contributed by atoms with Gasteiger partial charge >= 0.3 is 0 Å². The lowest BCUT2D eigenvalue weighted by atomic mass is 10.4. The fraction of sp³-hybridized carbons (Fsp3) is 0. The van der Waals surface area contributed by atoms with Gasteiger partial charge in [-0.05, 0) is 94.7 Å². The van der Waals surface area contributed by atoms with Crippen LogP contribution in [0.15, 0.2) is 0 Å². The SMILES string of the molecule is [C-]#CC#CC#CC#CC#CC#CC#CC#CC#CC#CC#CC#CC#CC#CC#CC#CC#CC#CC#CC#CC#CC#CC#CC#CC#CC#CC#CC#CC#CC#CC#CC#CC#CC#CC#CC#CC#CC#CC#CC#CC#CC#CC#CC#CC#CC#CC#CC#CC#CC#CC#CC#CC#CC#CC#CC#CC#CC#C[CH2-]. The highest BCUT2D eigenvalue weighted by Crippen LogP contribution is 1.69. The molecule has 0 fully saturated rings. The van der Waals surface area contributed by atoms with Gasteiger partial charge in [-0.2, -0.15) is 6.92 Å². The van der Waals surface area contributed by atoms with Gasteiger partial charge in [-0.15, -0.1) is 11.8 Å². The molecule has 0 aliphatic carbocycles. The Bertz CT molecular complexity index is 8250. The molecule has 0 heteroatoms. The van der Waals surface area contributed by atoms with Gasteiger partial charge in [0.1, 0.15) is 0 Å². The third kappa shape index (κ3) is 90.4. The molecular weight excluding hydrogens is 1410 g/mol. The summed E-state index contributed by atoms with van der Waals surface area (Å²) in [6.45, 7) is 3.32. The van der Waals surface area contributed by atoms with E-state index in [4.69, 9.17) is 6.42 Å². The van der Waals surface area contributed by atoms with E-state index in [1.807, 2.05) is 5.92 Å². The van der Waals surface area contributed by atoms with Crippen LogP contribution < -0.4 is 0 Å². The zero-order valence-electron chi connectivity index (χ0n) is 58.7. The Morgan fingerprint density at radius 1 is 0.0684 bits per heavy atom. The predicted molar refractivity (Wildman–Crippen MR) is 456 cm³/mol. The standard InChI is InChI=1S/C117H2/c1-3-5-7-9-11-13-15-17-19-21-23-25-27-29-31-33-35-37-39-41-43-45-47-49-51-53-55-57-59-61-63-65-67-69-71-73-75-77-79-81-83-85-87-89-91-93-95-97-99-101-103-105-107-109-111-113-115-117-116-114-112-110-108-106-104-102-100-98-96-94-92-90-88-86-84-82-80-78-76-74-72-70-68-66-64-62-60-58-56-54-52-50-48-46-44-42-40-38-36-34-32-30-28-26-24-22-20-18-16-14-12-10-8-6-4-2/h1H2/q-2. The average molecular weight is 1410 g/mol. The molecule has 0 nitrogen and oxygen atoms in total. The van der Waals surface area contributed by atoms with Gasteiger partial charge in [-0.1, -0.05) is 0 Å². The second kappa shape index (κ2) is 90.4. The Kier molecular flexibility index (Phi) is 70.5. The van der Waals surface area contributed by atoms with E-state index in [9.17, 15) is 0 Å². The van der Waals surface area contributed by atoms with Crippen molar-refractivity contribution in [3.8, 4) is 681 Å². The molecule has 0 aromatic rings. The first-order valence-electron chi connectivity index (χ1n) is 29.1. The van der Waals surface area contributed by atoms with E-state index >= 15 is 0 Å². The summed E-state index contributed by atoms with van der Waals surface area (Å²) in [7, 11) is 0. The van der Waals surface area contributed by atoms with Gasteiger partial charge in [0, 0.05) is 551 Å². The smallest absolute Gasteiger partial charge is 0 e. The molecule has 0 unspecified atom stereocenters. The predicted octanol–water partition coefficient (Wildman–Crippen LogP) is 0.604. The monoisotopic (exact) mass is 1410 g/mol. The van der Waals surface area contributed by atoms with Gasteiger partial charge in [-0.25, -0.2) is 11.8 Å². The molecule has 472 valence electrons. The lowest BCUT2D eigenvalue weighted by Gasteiger charge is -1.64. The fourth-order valence-electron chi connectivity index (χ4n) is 3.54. The van der Waals surface area contributed by atoms with Crippen molar-refractivity contribution in [2.24, 2.45) is 0 Å². The topological polar surface area (TPSA) is 0 Å². The molecule has 0 aromatic carbocycles. The Morgan fingerprint density at radius 2 is 0.111 bits per heavy atom. The summed E-state index contributed by atoms with van der Waals surface area (Å²) < 4.78 is 0. The molecule has 0 bridgehead atoms. The lowest BCUT2D eigenvalue weighted by Crippen LogP contribution is -1.57. The normalized spacial score (nSPS) is 3.96.